The lowest BCUT2D eigenvalue weighted by atomic mass is 10.0. The summed E-state index contributed by atoms with van der Waals surface area (Å²) in [4.78, 5) is 23.0. The molecule has 0 amide bonds. The van der Waals surface area contributed by atoms with E-state index in [9.17, 15) is 9.59 Å². The molecule has 0 aromatic rings. The number of hydrogen-bond acceptors (Lipinski definition) is 3. The predicted octanol–water partition coefficient (Wildman–Crippen LogP) is 12.3. The van der Waals surface area contributed by atoms with Crippen LogP contribution in [0.3, 0.4) is 0 Å². The highest BCUT2D eigenvalue weighted by Crippen LogP contribution is 2.18. The molecule has 0 heterocycles. The van der Waals surface area contributed by atoms with E-state index >= 15 is 0 Å². The van der Waals surface area contributed by atoms with E-state index in [0.29, 0.717) is 12.8 Å². The minimum absolute atomic E-state index is 0.0155. The fourth-order valence-electron chi connectivity index (χ4n) is 5.52. The Hall–Kier alpha value is -1.32. The van der Waals surface area contributed by atoms with Crippen molar-refractivity contribution in [1.29, 1.82) is 0 Å². The second-order valence-corrected chi connectivity index (χ2v) is 12.4. The van der Waals surface area contributed by atoms with E-state index in [1.807, 2.05) is 0 Å². The summed E-state index contributed by atoms with van der Waals surface area (Å²) in [6, 6.07) is 0. The third-order valence-corrected chi connectivity index (χ3v) is 8.24. The van der Waals surface area contributed by atoms with Gasteiger partial charge in [-0.1, -0.05) is 148 Å². The molecule has 0 aliphatic heterocycles. The van der Waals surface area contributed by atoms with Gasteiger partial charge < -0.3 is 9.84 Å². The van der Waals surface area contributed by atoms with Crippen LogP contribution in [-0.2, 0) is 14.3 Å². The van der Waals surface area contributed by atoms with Gasteiger partial charge in [-0.05, 0) is 57.8 Å². The summed E-state index contributed by atoms with van der Waals surface area (Å²) >= 11 is 0. The highest BCUT2D eigenvalue weighted by molar-refractivity contribution is 5.69. The Labute approximate surface area is 255 Å². The van der Waals surface area contributed by atoms with Gasteiger partial charge in [-0.25, -0.2) is 0 Å². The smallest absolute Gasteiger partial charge is 0.306 e. The fraction of sp³-hybridized carbons (Fsp3) is 0.892. The van der Waals surface area contributed by atoms with Crippen LogP contribution >= 0.6 is 0 Å². The van der Waals surface area contributed by atoms with Crippen molar-refractivity contribution in [3.63, 3.8) is 0 Å². The summed E-state index contributed by atoms with van der Waals surface area (Å²) in [5.74, 6) is -0.664. The number of carbonyl (C=O) groups is 2. The normalized spacial score (nSPS) is 12.2. The maximum absolute atomic E-state index is 12.4. The van der Waals surface area contributed by atoms with Gasteiger partial charge in [0.25, 0.3) is 0 Å². The van der Waals surface area contributed by atoms with E-state index in [-0.39, 0.29) is 12.1 Å². The van der Waals surface area contributed by atoms with Gasteiger partial charge in [-0.15, -0.1) is 0 Å². The third kappa shape index (κ3) is 33.1. The number of esters is 1. The minimum Gasteiger partial charge on any atom is -0.481 e. The predicted molar refractivity (Wildman–Crippen MR) is 177 cm³/mol. The molecule has 4 nitrogen and oxygen atoms in total. The van der Waals surface area contributed by atoms with Crippen molar-refractivity contribution in [3.05, 3.63) is 12.2 Å². The summed E-state index contributed by atoms with van der Waals surface area (Å²) in [6.45, 7) is 4.48. The lowest BCUT2D eigenvalue weighted by molar-refractivity contribution is -0.150. The molecule has 0 aromatic heterocycles. The quantitative estimate of drug-likeness (QED) is 0.0478. The van der Waals surface area contributed by atoms with E-state index in [0.717, 1.165) is 64.2 Å². The van der Waals surface area contributed by atoms with Crippen LogP contribution < -0.4 is 0 Å². The van der Waals surface area contributed by atoms with Crippen molar-refractivity contribution < 1.29 is 19.4 Å². The molecule has 0 spiro atoms. The molecule has 0 rings (SSSR count). The van der Waals surface area contributed by atoms with Crippen molar-refractivity contribution >= 4 is 11.9 Å². The highest BCUT2D eigenvalue weighted by Gasteiger charge is 2.13. The van der Waals surface area contributed by atoms with Crippen LogP contribution in [0.25, 0.3) is 0 Å². The molecule has 1 atom stereocenters. The maximum Gasteiger partial charge on any atom is 0.306 e. The number of carboxylic acid groups (broad SMARTS) is 1. The zero-order valence-corrected chi connectivity index (χ0v) is 27.6. The molecule has 1 unspecified atom stereocenters. The molecule has 0 aromatic carbocycles. The van der Waals surface area contributed by atoms with E-state index in [1.54, 1.807) is 0 Å². The van der Waals surface area contributed by atoms with Crippen molar-refractivity contribution in [3.8, 4) is 0 Å². The van der Waals surface area contributed by atoms with Gasteiger partial charge in [0, 0.05) is 12.8 Å². The maximum atomic E-state index is 12.4. The van der Waals surface area contributed by atoms with Crippen LogP contribution in [-0.4, -0.2) is 23.1 Å². The van der Waals surface area contributed by atoms with E-state index < -0.39 is 5.97 Å². The molecular formula is C37H70O4. The molecule has 242 valence electrons. The lowest BCUT2D eigenvalue weighted by Crippen LogP contribution is -2.18. The summed E-state index contributed by atoms with van der Waals surface area (Å²) < 4.78 is 5.89. The fourth-order valence-corrected chi connectivity index (χ4v) is 5.52. The lowest BCUT2D eigenvalue weighted by Gasteiger charge is -2.18. The number of aliphatic carboxylic acids is 1. The van der Waals surface area contributed by atoms with Gasteiger partial charge in [0.05, 0.1) is 0 Å². The Bertz CT molecular complexity index is 585. The molecule has 0 bridgehead atoms. The summed E-state index contributed by atoms with van der Waals surface area (Å²) in [6.07, 6.45) is 39.8. The number of carboxylic acids is 1. The number of allylic oxidation sites excluding steroid dienone is 2. The van der Waals surface area contributed by atoms with Gasteiger partial charge in [-0.2, -0.15) is 0 Å². The van der Waals surface area contributed by atoms with Crippen molar-refractivity contribution in [2.75, 3.05) is 0 Å². The SMILES string of the molecule is CCCCCCCC/C=C\CCCCCCCCCC(=O)OC(CCCC)CCCCCCCCCCCC(=O)O. The second kappa shape index (κ2) is 33.2. The average molecular weight is 579 g/mol. The number of unbranched alkanes of at least 4 members (excludes halogenated alkanes) is 22. The molecule has 0 radical (unpaired) electrons. The number of carbonyl (C=O) groups excluding carboxylic acids is 1. The first-order valence-electron chi connectivity index (χ1n) is 18.2. The van der Waals surface area contributed by atoms with Crippen LogP contribution in [0.5, 0.6) is 0 Å². The van der Waals surface area contributed by atoms with E-state index in [4.69, 9.17) is 9.84 Å². The van der Waals surface area contributed by atoms with Crippen LogP contribution in [0, 0.1) is 0 Å². The Morgan fingerprint density at radius 2 is 0.902 bits per heavy atom. The highest BCUT2D eigenvalue weighted by atomic mass is 16.5. The van der Waals surface area contributed by atoms with Gasteiger partial charge >= 0.3 is 11.9 Å². The molecule has 4 heteroatoms. The summed E-state index contributed by atoms with van der Waals surface area (Å²) in [7, 11) is 0. The third-order valence-electron chi connectivity index (χ3n) is 8.24. The van der Waals surface area contributed by atoms with Crippen LogP contribution in [0.4, 0.5) is 0 Å². The largest absolute Gasteiger partial charge is 0.481 e. The van der Waals surface area contributed by atoms with Gasteiger partial charge in [-0.3, -0.25) is 9.59 Å². The van der Waals surface area contributed by atoms with E-state index in [2.05, 4.69) is 26.0 Å². The van der Waals surface area contributed by atoms with Crippen molar-refractivity contribution in [2.45, 2.75) is 213 Å². The van der Waals surface area contributed by atoms with Crippen molar-refractivity contribution in [1.82, 2.24) is 0 Å². The first-order chi connectivity index (χ1) is 20.1. The van der Waals surface area contributed by atoms with Gasteiger partial charge in [0.1, 0.15) is 6.10 Å². The number of rotatable bonds is 33. The molecule has 0 aliphatic carbocycles. The van der Waals surface area contributed by atoms with Gasteiger partial charge in [0.15, 0.2) is 0 Å². The molecule has 0 saturated heterocycles. The Morgan fingerprint density at radius 1 is 0.512 bits per heavy atom. The molecule has 41 heavy (non-hydrogen) atoms. The van der Waals surface area contributed by atoms with E-state index in [1.165, 1.54) is 116 Å². The molecule has 0 saturated carbocycles. The Balaban J connectivity index is 3.63. The topological polar surface area (TPSA) is 63.6 Å². The van der Waals surface area contributed by atoms with Crippen LogP contribution in [0.1, 0.15) is 206 Å². The standard InChI is InChI=1S/C37H70O4/c1-3-5-7-8-9-10-11-12-13-14-15-16-17-21-24-27-30-34-37(40)41-35(31-6-4-2)32-28-25-22-19-18-20-23-26-29-33-36(38)39/h12-13,35H,3-11,14-34H2,1-2H3,(H,38,39)/b13-12-. The molecule has 0 aliphatic rings. The molecule has 0 fully saturated rings. The number of hydrogen-bond donors (Lipinski definition) is 1. The first-order valence-corrected chi connectivity index (χ1v) is 18.2. The van der Waals surface area contributed by atoms with Crippen molar-refractivity contribution in [2.24, 2.45) is 0 Å². The summed E-state index contributed by atoms with van der Waals surface area (Å²) in [5.41, 5.74) is 0. The van der Waals surface area contributed by atoms with Crippen LogP contribution in [0.2, 0.25) is 0 Å². The summed E-state index contributed by atoms with van der Waals surface area (Å²) in [5, 5.41) is 8.67. The first kappa shape index (κ1) is 39.7. The van der Waals surface area contributed by atoms with Crippen LogP contribution in [0.15, 0.2) is 12.2 Å². The second-order valence-electron chi connectivity index (χ2n) is 12.4. The average Bonchev–Trinajstić information content (AvgIpc) is 2.95. The monoisotopic (exact) mass is 579 g/mol. The molecule has 1 N–H and O–H groups in total. The Morgan fingerprint density at radius 3 is 1.39 bits per heavy atom. The zero-order valence-electron chi connectivity index (χ0n) is 27.6. The number of ether oxygens (including phenoxy) is 1. The Kier molecular flexibility index (Phi) is 32.1. The van der Waals surface area contributed by atoms with Gasteiger partial charge in [0.2, 0.25) is 0 Å². The minimum atomic E-state index is -0.679. The zero-order chi connectivity index (χ0) is 30.1. The molecular weight excluding hydrogens is 508 g/mol.